The maximum atomic E-state index is 12.9. The predicted molar refractivity (Wildman–Crippen MR) is 130 cm³/mol. The largest absolute Gasteiger partial charge is 0.394 e. The third kappa shape index (κ3) is 5.04. The highest BCUT2D eigenvalue weighted by Crippen LogP contribution is 2.33. The normalized spacial score (nSPS) is 16.7. The summed E-state index contributed by atoms with van der Waals surface area (Å²) in [7, 11) is -1.26. The van der Waals surface area contributed by atoms with E-state index in [0.717, 1.165) is 17.7 Å². The van der Waals surface area contributed by atoms with Gasteiger partial charge in [-0.15, -0.1) is 0 Å². The lowest BCUT2D eigenvalue weighted by molar-refractivity contribution is 0.0915. The third-order valence-corrected chi connectivity index (χ3v) is 8.06. The number of nitrogens with zero attached hydrogens (tertiary/aromatic N) is 2. The number of aliphatic hydroxyl groups excluding tert-OH is 1. The molecule has 0 radical (unpaired) electrons. The molecule has 1 aliphatic rings. The van der Waals surface area contributed by atoms with Crippen molar-refractivity contribution in [1.29, 1.82) is 0 Å². The molecule has 0 saturated heterocycles. The molecule has 7 nitrogen and oxygen atoms in total. The van der Waals surface area contributed by atoms with Crippen LogP contribution in [0, 0.1) is 0 Å². The van der Waals surface area contributed by atoms with E-state index < -0.39 is 15.9 Å². The molecule has 2 N–H and O–H groups in total. The fourth-order valence-electron chi connectivity index (χ4n) is 4.30. The standard InChI is InChI=1S/C26H29N3O4S/c1-3-34(32,33)22-11-9-19(10-12-22)23(17-30)28-26(31)20-14-21-16-29(2)24(25(21)27-15-20)13-18-7-5-4-6-8-18/h4-12,14-15,23-24,30H,3,13,16-17H2,1-2H3,(H,28,31). The topological polar surface area (TPSA) is 99.6 Å². The molecule has 34 heavy (non-hydrogen) atoms. The van der Waals surface area contributed by atoms with Crippen LogP contribution in [-0.2, 0) is 22.8 Å². The van der Waals surface area contributed by atoms with Gasteiger partial charge in [0.1, 0.15) is 0 Å². The Morgan fingerprint density at radius 3 is 2.53 bits per heavy atom. The first-order valence-electron chi connectivity index (χ1n) is 11.3. The van der Waals surface area contributed by atoms with Gasteiger partial charge in [0.05, 0.1) is 40.6 Å². The molecule has 0 fully saturated rings. The van der Waals surface area contributed by atoms with Gasteiger partial charge < -0.3 is 10.4 Å². The second-order valence-electron chi connectivity index (χ2n) is 8.57. The molecule has 2 atom stereocenters. The van der Waals surface area contributed by atoms with Crippen LogP contribution in [0.25, 0.3) is 0 Å². The zero-order chi connectivity index (χ0) is 24.3. The van der Waals surface area contributed by atoms with Crippen LogP contribution in [-0.4, -0.2) is 48.7 Å². The van der Waals surface area contributed by atoms with E-state index in [4.69, 9.17) is 0 Å². The Morgan fingerprint density at radius 1 is 1.18 bits per heavy atom. The summed E-state index contributed by atoms with van der Waals surface area (Å²) in [6.07, 6.45) is 2.43. The Bertz CT molecular complexity index is 1260. The van der Waals surface area contributed by atoms with E-state index in [-0.39, 0.29) is 29.2 Å². The lowest BCUT2D eigenvalue weighted by atomic mass is 10.0. The maximum absolute atomic E-state index is 12.9. The van der Waals surface area contributed by atoms with E-state index >= 15 is 0 Å². The van der Waals surface area contributed by atoms with Gasteiger partial charge in [-0.2, -0.15) is 0 Å². The lowest BCUT2D eigenvalue weighted by Crippen LogP contribution is -2.31. The van der Waals surface area contributed by atoms with E-state index in [2.05, 4.69) is 34.4 Å². The third-order valence-electron chi connectivity index (χ3n) is 6.31. The number of sulfone groups is 1. The fourth-order valence-corrected chi connectivity index (χ4v) is 5.18. The minimum atomic E-state index is -3.31. The number of aliphatic hydroxyl groups is 1. The highest BCUT2D eigenvalue weighted by atomic mass is 32.2. The van der Waals surface area contributed by atoms with Crippen LogP contribution in [0.1, 0.15) is 51.7 Å². The van der Waals surface area contributed by atoms with Crippen molar-refractivity contribution in [2.45, 2.75) is 36.9 Å². The molecule has 0 saturated carbocycles. The molecule has 8 heteroatoms. The summed E-state index contributed by atoms with van der Waals surface area (Å²) in [5, 5.41) is 12.7. The van der Waals surface area contributed by atoms with E-state index in [1.54, 1.807) is 25.3 Å². The van der Waals surface area contributed by atoms with Crippen molar-refractivity contribution in [3.05, 3.63) is 94.8 Å². The number of fused-ring (bicyclic) bond motifs is 1. The average molecular weight is 480 g/mol. The van der Waals surface area contributed by atoms with Crippen LogP contribution < -0.4 is 5.32 Å². The van der Waals surface area contributed by atoms with Gasteiger partial charge in [-0.3, -0.25) is 14.7 Å². The number of hydrogen-bond donors (Lipinski definition) is 2. The molecule has 3 aromatic rings. The molecule has 0 bridgehead atoms. The molecule has 1 aromatic heterocycles. The molecule has 0 spiro atoms. The van der Waals surface area contributed by atoms with Crippen molar-refractivity contribution in [3.63, 3.8) is 0 Å². The van der Waals surface area contributed by atoms with Gasteiger partial charge in [-0.25, -0.2) is 8.42 Å². The number of nitrogens with one attached hydrogen (secondary N) is 1. The van der Waals surface area contributed by atoms with Crippen molar-refractivity contribution >= 4 is 15.7 Å². The van der Waals surface area contributed by atoms with Gasteiger partial charge in [0, 0.05) is 12.7 Å². The number of carbonyl (C=O) groups excluding carboxylic acids is 1. The van der Waals surface area contributed by atoms with Gasteiger partial charge >= 0.3 is 0 Å². The van der Waals surface area contributed by atoms with Crippen LogP contribution in [0.5, 0.6) is 0 Å². The summed E-state index contributed by atoms with van der Waals surface area (Å²) >= 11 is 0. The molecule has 0 aliphatic carbocycles. The van der Waals surface area contributed by atoms with Crippen LogP contribution in [0.3, 0.4) is 0 Å². The van der Waals surface area contributed by atoms with Crippen molar-refractivity contribution in [1.82, 2.24) is 15.2 Å². The Morgan fingerprint density at radius 2 is 1.88 bits per heavy atom. The van der Waals surface area contributed by atoms with Gasteiger partial charge in [-0.05, 0) is 48.4 Å². The second-order valence-corrected chi connectivity index (χ2v) is 10.8. The molecule has 1 amide bonds. The number of likely N-dealkylation sites (N-methyl/N-ethyl adjacent to an activating group) is 1. The Balaban J connectivity index is 1.49. The van der Waals surface area contributed by atoms with E-state index in [1.165, 1.54) is 17.7 Å². The number of rotatable bonds is 8. The minimum Gasteiger partial charge on any atom is -0.394 e. The van der Waals surface area contributed by atoms with Gasteiger partial charge in [-0.1, -0.05) is 49.4 Å². The SMILES string of the molecule is CCS(=O)(=O)c1ccc(C(CO)NC(=O)c2cnc3c(c2)CN(C)C3Cc2ccccc2)cc1. The van der Waals surface area contributed by atoms with Crippen LogP contribution in [0.2, 0.25) is 0 Å². The summed E-state index contributed by atoms with van der Waals surface area (Å²) in [6.45, 7) is 1.98. The van der Waals surface area contributed by atoms with Crippen LogP contribution in [0.4, 0.5) is 0 Å². The quantitative estimate of drug-likeness (QED) is 0.515. The smallest absolute Gasteiger partial charge is 0.253 e. The van der Waals surface area contributed by atoms with Gasteiger partial charge in [0.25, 0.3) is 5.91 Å². The first-order valence-corrected chi connectivity index (χ1v) is 12.9. The molecule has 2 unspecified atom stereocenters. The first-order chi connectivity index (χ1) is 16.3. The van der Waals surface area contributed by atoms with E-state index in [9.17, 15) is 18.3 Å². The van der Waals surface area contributed by atoms with Gasteiger partial charge in [0.15, 0.2) is 9.84 Å². The number of benzene rings is 2. The minimum absolute atomic E-state index is 0.0131. The average Bonchev–Trinajstić information content (AvgIpc) is 3.17. The molecule has 178 valence electrons. The number of carbonyl (C=O) groups is 1. The molecule has 2 heterocycles. The monoisotopic (exact) mass is 479 g/mol. The summed E-state index contributed by atoms with van der Waals surface area (Å²) in [4.78, 5) is 20.0. The number of aromatic nitrogens is 1. The lowest BCUT2D eigenvalue weighted by Gasteiger charge is -2.19. The molecule has 1 aliphatic heterocycles. The summed E-state index contributed by atoms with van der Waals surface area (Å²) in [5.74, 6) is -0.326. The Labute approximate surface area is 200 Å². The number of pyridine rings is 1. The van der Waals surface area contributed by atoms with E-state index in [0.29, 0.717) is 17.7 Å². The Hall–Kier alpha value is -3.07. The highest BCUT2D eigenvalue weighted by molar-refractivity contribution is 7.91. The molecule has 2 aromatic carbocycles. The number of amides is 1. The molecular formula is C26H29N3O4S. The van der Waals surface area contributed by atoms with E-state index in [1.807, 2.05) is 24.3 Å². The molecule has 4 rings (SSSR count). The summed E-state index contributed by atoms with van der Waals surface area (Å²) in [5.41, 5.74) is 4.29. The van der Waals surface area contributed by atoms with Gasteiger partial charge in [0.2, 0.25) is 0 Å². The van der Waals surface area contributed by atoms with Crippen molar-refractivity contribution in [2.24, 2.45) is 0 Å². The Kier molecular flexibility index (Phi) is 7.11. The maximum Gasteiger partial charge on any atom is 0.253 e. The zero-order valence-electron chi connectivity index (χ0n) is 19.3. The zero-order valence-corrected chi connectivity index (χ0v) is 20.1. The van der Waals surface area contributed by atoms with Crippen molar-refractivity contribution < 1.29 is 18.3 Å². The first kappa shape index (κ1) is 24.1. The van der Waals surface area contributed by atoms with Crippen molar-refractivity contribution in [2.75, 3.05) is 19.4 Å². The molecular weight excluding hydrogens is 450 g/mol. The van der Waals surface area contributed by atoms with Crippen LogP contribution in [0.15, 0.2) is 71.8 Å². The number of hydrogen-bond acceptors (Lipinski definition) is 6. The predicted octanol–water partition coefficient (Wildman–Crippen LogP) is 3.07. The second kappa shape index (κ2) is 10.0. The van der Waals surface area contributed by atoms with Crippen LogP contribution >= 0.6 is 0 Å². The summed E-state index contributed by atoms with van der Waals surface area (Å²) < 4.78 is 24.1. The highest BCUT2D eigenvalue weighted by Gasteiger charge is 2.30. The fraction of sp³-hybridized carbons (Fsp3) is 0.308. The van der Waals surface area contributed by atoms with Crippen molar-refractivity contribution in [3.8, 4) is 0 Å². The summed E-state index contributed by atoms with van der Waals surface area (Å²) in [6, 6.07) is 17.9.